The molecule has 0 spiro atoms. The van der Waals surface area contributed by atoms with Gasteiger partial charge in [-0.25, -0.2) is 4.79 Å². The Morgan fingerprint density at radius 3 is 2.22 bits per heavy atom. The zero-order valence-corrected chi connectivity index (χ0v) is 23.6. The van der Waals surface area contributed by atoms with E-state index in [1.54, 1.807) is 6.20 Å². The lowest BCUT2D eigenvalue weighted by atomic mass is 10.0. The number of aliphatic hydroxyl groups is 1. The van der Waals surface area contributed by atoms with E-state index in [0.29, 0.717) is 0 Å². The molecule has 0 saturated carbocycles. The van der Waals surface area contributed by atoms with Crippen LogP contribution in [-0.4, -0.2) is 81.7 Å². The van der Waals surface area contributed by atoms with E-state index in [1.165, 1.54) is 6.92 Å². The summed E-state index contributed by atoms with van der Waals surface area (Å²) in [5.41, 5.74) is 18.7. The lowest BCUT2D eigenvalue weighted by molar-refractivity contribution is -0.145. The number of H-pyrrole nitrogens is 1. The van der Waals surface area contributed by atoms with Gasteiger partial charge in [0.1, 0.15) is 12.1 Å². The van der Waals surface area contributed by atoms with Crippen molar-refractivity contribution in [2.24, 2.45) is 28.1 Å². The molecule has 14 nitrogen and oxygen atoms in total. The summed E-state index contributed by atoms with van der Waals surface area (Å²) in [5.74, 6) is -3.58. The van der Waals surface area contributed by atoms with Crippen molar-refractivity contribution in [1.82, 2.24) is 20.9 Å². The van der Waals surface area contributed by atoms with Gasteiger partial charge in [0.25, 0.3) is 0 Å². The average Bonchev–Trinajstić information content (AvgIpc) is 3.30. The molecule has 41 heavy (non-hydrogen) atoms. The van der Waals surface area contributed by atoms with Gasteiger partial charge in [-0.3, -0.25) is 19.4 Å². The number of nitrogens with two attached hydrogens (primary N) is 3. The molecule has 3 amide bonds. The molecular weight excluding hydrogens is 532 g/mol. The number of carbonyl (C=O) groups excluding carboxylic acids is 3. The number of aromatic nitrogens is 1. The summed E-state index contributed by atoms with van der Waals surface area (Å²) in [6.07, 6.45) is 1.23. The highest BCUT2D eigenvalue weighted by atomic mass is 16.4. The Labute approximate surface area is 238 Å². The van der Waals surface area contributed by atoms with Crippen LogP contribution in [0.4, 0.5) is 0 Å². The monoisotopic (exact) mass is 574 g/mol. The van der Waals surface area contributed by atoms with E-state index in [1.807, 2.05) is 38.1 Å². The molecule has 12 N–H and O–H groups in total. The molecule has 0 bridgehead atoms. The number of hydrogen-bond acceptors (Lipinski definition) is 7. The SMILES string of the molecule is CC(C)CC(NC(=O)C(N)Cc1c[nH]c2ccccc12)C(=O)NC(CCCN=C(N)N)C(=O)NC(C(=O)O)C(C)O. The van der Waals surface area contributed by atoms with Crippen LogP contribution in [0.3, 0.4) is 0 Å². The lowest BCUT2D eigenvalue weighted by Gasteiger charge is -2.26. The number of fused-ring (bicyclic) bond motifs is 1. The van der Waals surface area contributed by atoms with Gasteiger partial charge in [-0.2, -0.15) is 0 Å². The maximum Gasteiger partial charge on any atom is 0.328 e. The Morgan fingerprint density at radius 1 is 0.976 bits per heavy atom. The number of aromatic amines is 1. The van der Waals surface area contributed by atoms with Crippen molar-refractivity contribution in [3.05, 3.63) is 36.0 Å². The van der Waals surface area contributed by atoms with Crippen LogP contribution in [-0.2, 0) is 25.6 Å². The number of guanidine groups is 1. The molecule has 14 heteroatoms. The predicted octanol–water partition coefficient (Wildman–Crippen LogP) is -0.943. The van der Waals surface area contributed by atoms with E-state index in [9.17, 15) is 29.4 Å². The van der Waals surface area contributed by atoms with Crippen molar-refractivity contribution in [2.75, 3.05) is 6.54 Å². The van der Waals surface area contributed by atoms with E-state index in [4.69, 9.17) is 17.2 Å². The van der Waals surface area contributed by atoms with Crippen LogP contribution in [0.5, 0.6) is 0 Å². The second-order valence-electron chi connectivity index (χ2n) is 10.4. The van der Waals surface area contributed by atoms with Crippen molar-refractivity contribution in [3.63, 3.8) is 0 Å². The number of rotatable bonds is 16. The molecule has 0 aliphatic carbocycles. The summed E-state index contributed by atoms with van der Waals surface area (Å²) in [6.45, 7) is 5.13. The highest BCUT2D eigenvalue weighted by molar-refractivity contribution is 5.94. The fraction of sp³-hybridized carbons (Fsp3) is 0.519. The minimum absolute atomic E-state index is 0.00309. The van der Waals surface area contributed by atoms with Crippen LogP contribution in [0.1, 0.15) is 45.6 Å². The molecule has 0 aliphatic heterocycles. The fourth-order valence-corrected chi connectivity index (χ4v) is 4.30. The van der Waals surface area contributed by atoms with Crippen molar-refractivity contribution >= 4 is 40.6 Å². The molecule has 1 aromatic heterocycles. The number of para-hydroxylation sites is 1. The van der Waals surface area contributed by atoms with E-state index in [0.717, 1.165) is 16.5 Å². The summed E-state index contributed by atoms with van der Waals surface area (Å²) >= 11 is 0. The Balaban J connectivity index is 2.16. The second-order valence-corrected chi connectivity index (χ2v) is 10.4. The van der Waals surface area contributed by atoms with Gasteiger partial charge in [-0.15, -0.1) is 0 Å². The molecule has 0 saturated heterocycles. The van der Waals surface area contributed by atoms with Crippen molar-refractivity contribution in [2.45, 2.75) is 76.7 Å². The number of carbonyl (C=O) groups is 4. The Kier molecular flexibility index (Phi) is 12.5. The molecule has 226 valence electrons. The number of carboxylic acid groups (broad SMARTS) is 1. The van der Waals surface area contributed by atoms with Crippen LogP contribution in [0.25, 0.3) is 10.9 Å². The topological polar surface area (TPSA) is 251 Å². The largest absolute Gasteiger partial charge is 0.480 e. The van der Waals surface area contributed by atoms with E-state index >= 15 is 0 Å². The molecule has 0 fully saturated rings. The molecule has 0 radical (unpaired) electrons. The number of aliphatic imine (C=N–C) groups is 1. The Bertz CT molecular complexity index is 1220. The number of benzene rings is 1. The summed E-state index contributed by atoms with van der Waals surface area (Å²) in [6, 6.07) is 2.87. The number of aliphatic hydroxyl groups excluding tert-OH is 1. The third-order valence-corrected chi connectivity index (χ3v) is 6.42. The molecule has 1 heterocycles. The first kappa shape index (κ1) is 33.0. The van der Waals surface area contributed by atoms with Crippen LogP contribution in [0.15, 0.2) is 35.5 Å². The molecule has 5 atom stereocenters. The van der Waals surface area contributed by atoms with Crippen LogP contribution in [0.2, 0.25) is 0 Å². The first-order valence-electron chi connectivity index (χ1n) is 13.5. The van der Waals surface area contributed by atoms with Crippen molar-refractivity contribution < 1.29 is 29.4 Å². The summed E-state index contributed by atoms with van der Waals surface area (Å²) in [5, 5.41) is 27.6. The standard InChI is InChI=1S/C27H42N8O6/c1-14(2)11-21(34-23(37)18(28)12-16-13-32-19-8-5-4-7-17(16)19)25(39)33-20(9-6-10-31-27(29)30)24(38)35-22(15(3)36)26(40)41/h4-5,7-8,13-15,18,20-22,32,36H,6,9-12,28H2,1-3H3,(H,33,39)(H,34,37)(H,35,38)(H,40,41)(H4,29,30,31). The fourth-order valence-electron chi connectivity index (χ4n) is 4.30. The molecule has 2 aromatic rings. The predicted molar refractivity (Wildman–Crippen MR) is 154 cm³/mol. The summed E-state index contributed by atoms with van der Waals surface area (Å²) in [4.78, 5) is 57.9. The van der Waals surface area contributed by atoms with E-state index in [2.05, 4.69) is 25.9 Å². The van der Waals surface area contributed by atoms with Crippen molar-refractivity contribution in [1.29, 1.82) is 0 Å². The van der Waals surface area contributed by atoms with E-state index in [-0.39, 0.29) is 44.1 Å². The van der Waals surface area contributed by atoms with Gasteiger partial charge in [-0.05, 0) is 50.2 Å². The third kappa shape index (κ3) is 10.4. The Hall–Kier alpha value is -4.17. The molecule has 2 rings (SSSR count). The number of nitrogens with zero attached hydrogens (tertiary/aromatic N) is 1. The van der Waals surface area contributed by atoms with Gasteiger partial charge in [0.05, 0.1) is 12.1 Å². The molecular formula is C27H42N8O6. The summed E-state index contributed by atoms with van der Waals surface area (Å²) in [7, 11) is 0. The van der Waals surface area contributed by atoms with Gasteiger partial charge in [-0.1, -0.05) is 32.0 Å². The first-order chi connectivity index (χ1) is 19.3. The van der Waals surface area contributed by atoms with E-state index < -0.39 is 54.0 Å². The zero-order chi connectivity index (χ0) is 30.7. The van der Waals surface area contributed by atoms with Crippen LogP contribution in [0, 0.1) is 5.92 Å². The minimum Gasteiger partial charge on any atom is -0.480 e. The normalized spacial score (nSPS) is 14.9. The quantitative estimate of drug-likeness (QED) is 0.0680. The first-order valence-corrected chi connectivity index (χ1v) is 13.5. The van der Waals surface area contributed by atoms with Gasteiger partial charge < -0.3 is 48.3 Å². The molecule has 5 unspecified atom stereocenters. The second kappa shape index (κ2) is 15.6. The minimum atomic E-state index is -1.59. The number of amides is 3. The number of nitrogens with one attached hydrogen (secondary N) is 4. The smallest absolute Gasteiger partial charge is 0.328 e. The van der Waals surface area contributed by atoms with Crippen molar-refractivity contribution in [3.8, 4) is 0 Å². The van der Waals surface area contributed by atoms with Crippen LogP contribution < -0.4 is 33.2 Å². The van der Waals surface area contributed by atoms with Gasteiger partial charge in [0.2, 0.25) is 17.7 Å². The Morgan fingerprint density at radius 2 is 1.61 bits per heavy atom. The van der Waals surface area contributed by atoms with Crippen LogP contribution >= 0.6 is 0 Å². The summed E-state index contributed by atoms with van der Waals surface area (Å²) < 4.78 is 0. The maximum absolute atomic E-state index is 13.4. The average molecular weight is 575 g/mol. The zero-order valence-electron chi connectivity index (χ0n) is 23.6. The number of aliphatic carboxylic acids is 1. The molecule has 0 aliphatic rings. The lowest BCUT2D eigenvalue weighted by Crippen LogP contribution is -2.58. The maximum atomic E-state index is 13.4. The highest BCUT2D eigenvalue weighted by Crippen LogP contribution is 2.19. The van der Waals surface area contributed by atoms with Gasteiger partial charge >= 0.3 is 5.97 Å². The third-order valence-electron chi connectivity index (χ3n) is 6.42. The van der Waals surface area contributed by atoms with Gasteiger partial charge in [0.15, 0.2) is 12.0 Å². The van der Waals surface area contributed by atoms with Gasteiger partial charge in [0, 0.05) is 23.6 Å². The number of hydrogen-bond donors (Lipinski definition) is 9. The number of carboxylic acids is 1. The highest BCUT2D eigenvalue weighted by Gasteiger charge is 2.32. The molecule has 1 aromatic carbocycles.